The Bertz CT molecular complexity index is 820. The number of nitrogens with two attached hydrogens (primary N) is 1. The van der Waals surface area contributed by atoms with Gasteiger partial charge in [0.15, 0.2) is 11.5 Å². The minimum absolute atomic E-state index is 0.0716. The van der Waals surface area contributed by atoms with Crippen LogP contribution in [0.2, 0.25) is 0 Å². The molecule has 2 N–H and O–H groups in total. The van der Waals surface area contributed by atoms with Crippen LogP contribution in [0.3, 0.4) is 0 Å². The lowest BCUT2D eigenvalue weighted by atomic mass is 10.1. The first-order valence-corrected chi connectivity index (χ1v) is 7.90. The van der Waals surface area contributed by atoms with Crippen molar-refractivity contribution < 1.29 is 14.3 Å². The number of aromatic nitrogens is 2. The predicted octanol–water partition coefficient (Wildman–Crippen LogP) is 1.67. The Labute approximate surface area is 146 Å². The molecule has 0 saturated carbocycles. The molecule has 2 heterocycles. The Hall–Kier alpha value is -3.09. The van der Waals surface area contributed by atoms with Crippen LogP contribution in [0.4, 0.5) is 5.95 Å². The molecule has 1 amide bonds. The molecule has 1 aromatic heterocycles. The first-order chi connectivity index (χ1) is 12.1. The van der Waals surface area contributed by atoms with Gasteiger partial charge in [-0.05, 0) is 35.8 Å². The molecule has 0 saturated heterocycles. The first kappa shape index (κ1) is 16.8. The number of amides is 1. The summed E-state index contributed by atoms with van der Waals surface area (Å²) in [7, 11) is 3.16. The van der Waals surface area contributed by atoms with Crippen molar-refractivity contribution in [3.05, 3.63) is 47.3 Å². The number of rotatable bonds is 4. The van der Waals surface area contributed by atoms with Gasteiger partial charge < -0.3 is 20.1 Å². The number of benzene rings is 1. The number of fused-ring (bicyclic) bond motifs is 1. The fraction of sp³-hybridized carbons (Fsp3) is 0.278. The van der Waals surface area contributed by atoms with E-state index in [1.54, 1.807) is 43.5 Å². The number of hydrogen-bond donors (Lipinski definition) is 1. The van der Waals surface area contributed by atoms with Crippen LogP contribution in [0.25, 0.3) is 6.08 Å². The van der Waals surface area contributed by atoms with Crippen LogP contribution < -0.4 is 15.2 Å². The largest absolute Gasteiger partial charge is 0.493 e. The molecule has 1 aromatic carbocycles. The molecule has 1 aliphatic heterocycles. The summed E-state index contributed by atoms with van der Waals surface area (Å²) in [4.78, 5) is 22.4. The summed E-state index contributed by atoms with van der Waals surface area (Å²) in [5, 5.41) is 0. The first-order valence-electron chi connectivity index (χ1n) is 7.90. The van der Waals surface area contributed by atoms with E-state index in [0.29, 0.717) is 24.6 Å². The lowest BCUT2D eigenvalue weighted by molar-refractivity contribution is -0.126. The summed E-state index contributed by atoms with van der Waals surface area (Å²) < 4.78 is 10.5. The summed E-state index contributed by atoms with van der Waals surface area (Å²) in [6.07, 6.45) is 5.77. The zero-order valence-electron chi connectivity index (χ0n) is 14.2. The molecule has 0 unspecified atom stereocenters. The number of hydrogen-bond acceptors (Lipinski definition) is 6. The second kappa shape index (κ2) is 7.21. The van der Waals surface area contributed by atoms with Crippen molar-refractivity contribution in [3.8, 4) is 11.5 Å². The molecule has 0 atom stereocenters. The van der Waals surface area contributed by atoms with E-state index in [4.69, 9.17) is 15.2 Å². The number of carbonyl (C=O) groups is 1. The molecule has 0 bridgehead atoms. The van der Waals surface area contributed by atoms with Crippen molar-refractivity contribution in [2.45, 2.75) is 13.0 Å². The molecular weight excluding hydrogens is 320 g/mol. The molecule has 2 aromatic rings. The van der Waals surface area contributed by atoms with Crippen molar-refractivity contribution in [1.82, 2.24) is 14.9 Å². The molecule has 0 spiro atoms. The quantitative estimate of drug-likeness (QED) is 0.852. The standard InChI is InChI=1S/C18H20N4O3/c1-24-15-5-3-12(9-16(15)25-2)4-6-17(23)22-8-7-13-10-20-18(19)21-14(13)11-22/h3-6,9-10H,7-8,11H2,1-2H3,(H2,19,20,21)/b6-4+. The van der Waals surface area contributed by atoms with E-state index in [1.165, 1.54) is 0 Å². The molecule has 3 rings (SSSR count). The topological polar surface area (TPSA) is 90.6 Å². The number of carbonyl (C=O) groups excluding carboxylic acids is 1. The van der Waals surface area contributed by atoms with Gasteiger partial charge in [-0.15, -0.1) is 0 Å². The molecule has 0 aliphatic carbocycles. The van der Waals surface area contributed by atoms with Gasteiger partial charge in [0.05, 0.1) is 26.5 Å². The van der Waals surface area contributed by atoms with E-state index >= 15 is 0 Å². The average molecular weight is 340 g/mol. The van der Waals surface area contributed by atoms with Crippen molar-refractivity contribution in [1.29, 1.82) is 0 Å². The van der Waals surface area contributed by atoms with Crippen LogP contribution in [-0.2, 0) is 17.8 Å². The average Bonchev–Trinajstić information content (AvgIpc) is 2.65. The van der Waals surface area contributed by atoms with Gasteiger partial charge in [-0.1, -0.05) is 6.07 Å². The number of anilines is 1. The fourth-order valence-electron chi connectivity index (χ4n) is 2.74. The third kappa shape index (κ3) is 3.71. The second-order valence-corrected chi connectivity index (χ2v) is 5.66. The Morgan fingerprint density at radius 1 is 1.28 bits per heavy atom. The molecular formula is C18H20N4O3. The molecule has 0 fully saturated rings. The van der Waals surface area contributed by atoms with E-state index in [2.05, 4.69) is 9.97 Å². The molecule has 25 heavy (non-hydrogen) atoms. The van der Waals surface area contributed by atoms with Gasteiger partial charge in [-0.3, -0.25) is 4.79 Å². The zero-order valence-corrected chi connectivity index (χ0v) is 14.2. The van der Waals surface area contributed by atoms with Gasteiger partial charge in [0.25, 0.3) is 0 Å². The van der Waals surface area contributed by atoms with E-state index in [0.717, 1.165) is 23.2 Å². The van der Waals surface area contributed by atoms with Crippen LogP contribution in [-0.4, -0.2) is 41.5 Å². The lowest BCUT2D eigenvalue weighted by Gasteiger charge is -2.26. The van der Waals surface area contributed by atoms with Crippen LogP contribution in [0, 0.1) is 0 Å². The highest BCUT2D eigenvalue weighted by atomic mass is 16.5. The van der Waals surface area contributed by atoms with Crippen LogP contribution in [0.15, 0.2) is 30.5 Å². The van der Waals surface area contributed by atoms with Gasteiger partial charge in [-0.2, -0.15) is 0 Å². The molecule has 7 heteroatoms. The monoisotopic (exact) mass is 340 g/mol. The Morgan fingerprint density at radius 2 is 2.08 bits per heavy atom. The predicted molar refractivity (Wildman–Crippen MR) is 94.1 cm³/mol. The van der Waals surface area contributed by atoms with Crippen molar-refractivity contribution in [2.75, 3.05) is 26.5 Å². The third-order valence-corrected chi connectivity index (χ3v) is 4.10. The van der Waals surface area contributed by atoms with Gasteiger partial charge in [0.2, 0.25) is 11.9 Å². The summed E-state index contributed by atoms with van der Waals surface area (Å²) >= 11 is 0. The van der Waals surface area contributed by atoms with Gasteiger partial charge in [0.1, 0.15) is 0 Å². The zero-order chi connectivity index (χ0) is 17.8. The second-order valence-electron chi connectivity index (χ2n) is 5.66. The van der Waals surface area contributed by atoms with Crippen molar-refractivity contribution >= 4 is 17.9 Å². The van der Waals surface area contributed by atoms with Gasteiger partial charge in [0, 0.05) is 18.8 Å². The van der Waals surface area contributed by atoms with Gasteiger partial charge >= 0.3 is 0 Å². The summed E-state index contributed by atoms with van der Waals surface area (Å²) in [6.45, 7) is 1.08. The third-order valence-electron chi connectivity index (χ3n) is 4.10. The number of ether oxygens (including phenoxy) is 2. The maximum absolute atomic E-state index is 12.5. The van der Waals surface area contributed by atoms with Crippen LogP contribution in [0.1, 0.15) is 16.8 Å². The van der Waals surface area contributed by atoms with E-state index < -0.39 is 0 Å². The highest BCUT2D eigenvalue weighted by Gasteiger charge is 2.20. The normalized spacial score (nSPS) is 13.6. The minimum atomic E-state index is -0.0716. The number of methoxy groups -OCH3 is 2. The maximum Gasteiger partial charge on any atom is 0.246 e. The Morgan fingerprint density at radius 3 is 2.84 bits per heavy atom. The number of nitrogens with zero attached hydrogens (tertiary/aromatic N) is 3. The van der Waals surface area contributed by atoms with E-state index in [-0.39, 0.29) is 11.9 Å². The van der Waals surface area contributed by atoms with Crippen LogP contribution in [0.5, 0.6) is 11.5 Å². The molecule has 0 radical (unpaired) electrons. The molecule has 7 nitrogen and oxygen atoms in total. The van der Waals surface area contributed by atoms with Crippen molar-refractivity contribution in [3.63, 3.8) is 0 Å². The fourth-order valence-corrected chi connectivity index (χ4v) is 2.74. The lowest BCUT2D eigenvalue weighted by Crippen LogP contribution is -2.35. The summed E-state index contributed by atoms with van der Waals surface area (Å²) in [5.41, 5.74) is 8.34. The minimum Gasteiger partial charge on any atom is -0.493 e. The Balaban J connectivity index is 1.71. The Kier molecular flexibility index (Phi) is 4.83. The molecule has 1 aliphatic rings. The van der Waals surface area contributed by atoms with E-state index in [1.807, 2.05) is 12.1 Å². The highest BCUT2D eigenvalue weighted by molar-refractivity contribution is 5.92. The van der Waals surface area contributed by atoms with Crippen molar-refractivity contribution in [2.24, 2.45) is 0 Å². The summed E-state index contributed by atoms with van der Waals surface area (Å²) in [6, 6.07) is 5.49. The molecule has 130 valence electrons. The highest BCUT2D eigenvalue weighted by Crippen LogP contribution is 2.28. The smallest absolute Gasteiger partial charge is 0.246 e. The maximum atomic E-state index is 12.5. The van der Waals surface area contributed by atoms with Crippen LogP contribution >= 0.6 is 0 Å². The SMILES string of the molecule is COc1ccc(/C=C/C(=O)N2CCc3cnc(N)nc3C2)cc1OC. The van der Waals surface area contributed by atoms with Gasteiger partial charge in [-0.25, -0.2) is 9.97 Å². The van der Waals surface area contributed by atoms with E-state index in [9.17, 15) is 4.79 Å². The number of nitrogen functional groups attached to an aromatic ring is 1. The summed E-state index contributed by atoms with van der Waals surface area (Å²) in [5.74, 6) is 1.43.